The molecule has 0 spiro atoms. The molecule has 1 aliphatic heterocycles. The Bertz CT molecular complexity index is 498. The van der Waals surface area contributed by atoms with E-state index < -0.39 is 0 Å². The van der Waals surface area contributed by atoms with Gasteiger partial charge < -0.3 is 15.6 Å². The molecule has 1 fully saturated rings. The topological polar surface area (TPSA) is 65.6 Å². The third-order valence-electron chi connectivity index (χ3n) is 3.36. The number of nitrogens with one attached hydrogen (secondary N) is 3. The minimum absolute atomic E-state index is 0.458. The summed E-state index contributed by atoms with van der Waals surface area (Å²) in [6.07, 6.45) is 5.88. The summed E-state index contributed by atoms with van der Waals surface area (Å²) in [5, 5.41) is 8.04. The van der Waals surface area contributed by atoms with Gasteiger partial charge in [0.1, 0.15) is 17.8 Å². The number of aromatic nitrogens is 3. The second kappa shape index (κ2) is 4.33. The minimum atomic E-state index is 0.458. The van der Waals surface area contributed by atoms with Gasteiger partial charge in [0.2, 0.25) is 0 Å². The molecule has 2 aromatic heterocycles. The van der Waals surface area contributed by atoms with Crippen LogP contribution in [-0.4, -0.2) is 33.6 Å². The van der Waals surface area contributed by atoms with Gasteiger partial charge >= 0.3 is 0 Å². The number of nitrogens with zero attached hydrogens (tertiary/aromatic N) is 2. The van der Waals surface area contributed by atoms with Crippen LogP contribution >= 0.6 is 0 Å². The SMILES string of the molecule is C[C@@H]1CC[C@H](Nc2ncnc3[nH]ccc23)CN1. The van der Waals surface area contributed by atoms with Crippen LogP contribution in [0.4, 0.5) is 5.82 Å². The molecular weight excluding hydrogens is 214 g/mol. The van der Waals surface area contributed by atoms with Crippen LogP contribution in [0.3, 0.4) is 0 Å². The van der Waals surface area contributed by atoms with E-state index in [0.717, 1.165) is 23.4 Å². The van der Waals surface area contributed by atoms with E-state index >= 15 is 0 Å². The number of piperidine rings is 1. The van der Waals surface area contributed by atoms with Crippen LogP contribution in [0.5, 0.6) is 0 Å². The molecule has 0 saturated carbocycles. The maximum Gasteiger partial charge on any atom is 0.142 e. The summed E-state index contributed by atoms with van der Waals surface area (Å²) in [5.74, 6) is 0.928. The molecule has 0 aliphatic carbocycles. The van der Waals surface area contributed by atoms with Gasteiger partial charge in [0.15, 0.2) is 0 Å². The summed E-state index contributed by atoms with van der Waals surface area (Å²) in [5.41, 5.74) is 0.889. The molecule has 5 heteroatoms. The number of H-pyrrole nitrogens is 1. The van der Waals surface area contributed by atoms with Crippen LogP contribution in [0.2, 0.25) is 0 Å². The number of aromatic amines is 1. The van der Waals surface area contributed by atoms with Gasteiger partial charge in [-0.3, -0.25) is 0 Å². The molecule has 2 aromatic rings. The van der Waals surface area contributed by atoms with E-state index in [-0.39, 0.29) is 0 Å². The van der Waals surface area contributed by atoms with Gasteiger partial charge in [-0.15, -0.1) is 0 Å². The van der Waals surface area contributed by atoms with Crippen LogP contribution in [0.15, 0.2) is 18.6 Å². The van der Waals surface area contributed by atoms with Crippen molar-refractivity contribution in [1.29, 1.82) is 0 Å². The zero-order valence-corrected chi connectivity index (χ0v) is 9.90. The smallest absolute Gasteiger partial charge is 0.142 e. The lowest BCUT2D eigenvalue weighted by atomic mass is 10.0. The molecule has 0 bridgehead atoms. The molecule has 0 aromatic carbocycles. The molecule has 3 heterocycles. The van der Waals surface area contributed by atoms with Crippen molar-refractivity contribution in [3.63, 3.8) is 0 Å². The number of hydrogen-bond acceptors (Lipinski definition) is 4. The highest BCUT2D eigenvalue weighted by molar-refractivity contribution is 5.86. The minimum Gasteiger partial charge on any atom is -0.365 e. The molecule has 90 valence electrons. The van der Waals surface area contributed by atoms with Crippen LogP contribution < -0.4 is 10.6 Å². The van der Waals surface area contributed by atoms with Crippen molar-refractivity contribution in [3.05, 3.63) is 18.6 Å². The van der Waals surface area contributed by atoms with E-state index in [1.807, 2.05) is 12.3 Å². The molecule has 3 N–H and O–H groups in total. The third-order valence-corrected chi connectivity index (χ3v) is 3.36. The molecule has 0 unspecified atom stereocenters. The number of rotatable bonds is 2. The third kappa shape index (κ3) is 2.10. The van der Waals surface area contributed by atoms with E-state index in [1.54, 1.807) is 6.33 Å². The predicted molar refractivity (Wildman–Crippen MR) is 68.0 cm³/mol. The van der Waals surface area contributed by atoms with Gasteiger partial charge in [0.25, 0.3) is 0 Å². The predicted octanol–water partition coefficient (Wildman–Crippen LogP) is 1.51. The first kappa shape index (κ1) is 10.5. The Labute approximate surface area is 100 Å². The van der Waals surface area contributed by atoms with E-state index in [2.05, 4.69) is 32.5 Å². The second-order valence-electron chi connectivity index (χ2n) is 4.69. The highest BCUT2D eigenvalue weighted by Crippen LogP contribution is 2.20. The van der Waals surface area contributed by atoms with Crippen molar-refractivity contribution >= 4 is 16.9 Å². The van der Waals surface area contributed by atoms with Crippen LogP contribution in [0.25, 0.3) is 11.0 Å². The average molecular weight is 231 g/mol. The number of fused-ring (bicyclic) bond motifs is 1. The molecular formula is C12H17N5. The van der Waals surface area contributed by atoms with E-state index in [9.17, 15) is 0 Å². The molecule has 1 saturated heterocycles. The Morgan fingerprint density at radius 2 is 2.29 bits per heavy atom. The summed E-state index contributed by atoms with van der Waals surface area (Å²) in [4.78, 5) is 11.6. The van der Waals surface area contributed by atoms with Crippen molar-refractivity contribution in [2.45, 2.75) is 31.8 Å². The summed E-state index contributed by atoms with van der Waals surface area (Å²) in [7, 11) is 0. The first-order valence-corrected chi connectivity index (χ1v) is 6.11. The zero-order chi connectivity index (χ0) is 11.7. The van der Waals surface area contributed by atoms with E-state index in [4.69, 9.17) is 0 Å². The number of anilines is 1. The van der Waals surface area contributed by atoms with Gasteiger partial charge in [-0.2, -0.15) is 0 Å². The summed E-state index contributed by atoms with van der Waals surface area (Å²) < 4.78 is 0. The maximum absolute atomic E-state index is 4.32. The summed E-state index contributed by atoms with van der Waals surface area (Å²) >= 11 is 0. The van der Waals surface area contributed by atoms with Crippen molar-refractivity contribution < 1.29 is 0 Å². The highest BCUT2D eigenvalue weighted by atomic mass is 15.1. The first-order valence-electron chi connectivity index (χ1n) is 6.11. The lowest BCUT2D eigenvalue weighted by molar-refractivity contribution is 0.398. The molecule has 1 aliphatic rings. The quantitative estimate of drug-likeness (QED) is 0.733. The lowest BCUT2D eigenvalue weighted by Crippen LogP contribution is -2.43. The Morgan fingerprint density at radius 1 is 1.35 bits per heavy atom. The van der Waals surface area contributed by atoms with Crippen molar-refractivity contribution in [3.8, 4) is 0 Å². The fourth-order valence-electron chi connectivity index (χ4n) is 2.30. The Balaban J connectivity index is 1.78. The highest BCUT2D eigenvalue weighted by Gasteiger charge is 2.18. The van der Waals surface area contributed by atoms with Gasteiger partial charge in [-0.1, -0.05) is 0 Å². The summed E-state index contributed by atoms with van der Waals surface area (Å²) in [6.45, 7) is 3.22. The molecule has 0 amide bonds. The Hall–Kier alpha value is -1.62. The fraction of sp³-hybridized carbons (Fsp3) is 0.500. The summed E-state index contributed by atoms with van der Waals surface area (Å²) in [6, 6.07) is 3.10. The molecule has 17 heavy (non-hydrogen) atoms. The van der Waals surface area contributed by atoms with Gasteiger partial charge in [0, 0.05) is 24.8 Å². The normalized spacial score (nSPS) is 25.0. The molecule has 0 radical (unpaired) electrons. The average Bonchev–Trinajstić information content (AvgIpc) is 2.81. The van der Waals surface area contributed by atoms with E-state index in [1.165, 1.54) is 12.8 Å². The van der Waals surface area contributed by atoms with Gasteiger partial charge in [-0.05, 0) is 25.8 Å². The van der Waals surface area contributed by atoms with Gasteiger partial charge in [0.05, 0.1) is 5.39 Å². The van der Waals surface area contributed by atoms with E-state index in [0.29, 0.717) is 12.1 Å². The molecule has 2 atom stereocenters. The fourth-order valence-corrected chi connectivity index (χ4v) is 2.30. The second-order valence-corrected chi connectivity index (χ2v) is 4.69. The Kier molecular flexibility index (Phi) is 2.68. The van der Waals surface area contributed by atoms with Crippen LogP contribution in [0.1, 0.15) is 19.8 Å². The Morgan fingerprint density at radius 3 is 3.12 bits per heavy atom. The van der Waals surface area contributed by atoms with Crippen molar-refractivity contribution in [1.82, 2.24) is 20.3 Å². The zero-order valence-electron chi connectivity index (χ0n) is 9.90. The van der Waals surface area contributed by atoms with Crippen molar-refractivity contribution in [2.24, 2.45) is 0 Å². The molecule has 3 rings (SSSR count). The monoisotopic (exact) mass is 231 g/mol. The van der Waals surface area contributed by atoms with Crippen molar-refractivity contribution in [2.75, 3.05) is 11.9 Å². The lowest BCUT2D eigenvalue weighted by Gasteiger charge is -2.28. The van der Waals surface area contributed by atoms with Crippen LogP contribution in [0, 0.1) is 0 Å². The van der Waals surface area contributed by atoms with Crippen LogP contribution in [-0.2, 0) is 0 Å². The standard InChI is InChI=1S/C12H17N5/c1-8-2-3-9(6-14-8)17-12-10-4-5-13-11(10)15-7-16-12/h4-5,7-9,14H,2-3,6H2,1H3,(H2,13,15,16,17)/t8-,9+/m1/s1. The number of hydrogen-bond donors (Lipinski definition) is 3. The molecule has 5 nitrogen and oxygen atoms in total. The van der Waals surface area contributed by atoms with Gasteiger partial charge in [-0.25, -0.2) is 9.97 Å². The first-order chi connectivity index (χ1) is 8.33. The largest absolute Gasteiger partial charge is 0.365 e. The maximum atomic E-state index is 4.32.